The molecule has 0 aromatic rings. The summed E-state index contributed by atoms with van der Waals surface area (Å²) >= 11 is 1.86. The van der Waals surface area contributed by atoms with Crippen LogP contribution in [0.3, 0.4) is 0 Å². The summed E-state index contributed by atoms with van der Waals surface area (Å²) in [5.41, 5.74) is 0.510. The van der Waals surface area contributed by atoms with Gasteiger partial charge in [-0.15, -0.1) is 0 Å². The lowest BCUT2D eigenvalue weighted by Gasteiger charge is -2.31. The van der Waals surface area contributed by atoms with Gasteiger partial charge in [-0.2, -0.15) is 0 Å². The predicted molar refractivity (Wildman–Crippen MR) is 79.4 cm³/mol. The standard InChI is InChI=1S/C14H23N3OS/c18-12(11-3-4-11)15-7-8-16-13-17-9-14(10-19-13)5-1-2-6-14/h11H,1-10H2,(H,15,18)(H,16,17). The molecule has 0 aromatic heterocycles. The van der Waals surface area contributed by atoms with E-state index in [9.17, 15) is 4.79 Å². The average molecular weight is 281 g/mol. The van der Waals surface area contributed by atoms with Gasteiger partial charge in [0.1, 0.15) is 0 Å². The van der Waals surface area contributed by atoms with Crippen molar-refractivity contribution in [3.05, 3.63) is 0 Å². The summed E-state index contributed by atoms with van der Waals surface area (Å²) in [5.74, 6) is 1.75. The second-order valence-corrected chi connectivity index (χ2v) is 7.07. The van der Waals surface area contributed by atoms with Gasteiger partial charge in [-0.25, -0.2) is 0 Å². The van der Waals surface area contributed by atoms with Crippen LogP contribution in [0, 0.1) is 11.3 Å². The Morgan fingerprint density at radius 1 is 1.32 bits per heavy atom. The van der Waals surface area contributed by atoms with Gasteiger partial charge >= 0.3 is 0 Å². The zero-order valence-corrected chi connectivity index (χ0v) is 12.2. The predicted octanol–water partition coefficient (Wildman–Crippen LogP) is 1.77. The Balaban J connectivity index is 1.34. The number of hydrogen-bond acceptors (Lipinski definition) is 4. The van der Waals surface area contributed by atoms with Crippen LogP contribution >= 0.6 is 11.8 Å². The van der Waals surface area contributed by atoms with Crippen LogP contribution < -0.4 is 10.6 Å². The number of nitrogens with one attached hydrogen (secondary N) is 2. The molecule has 1 heterocycles. The van der Waals surface area contributed by atoms with Gasteiger partial charge in [-0.1, -0.05) is 24.6 Å². The Hall–Kier alpha value is -0.710. The largest absolute Gasteiger partial charge is 0.363 e. The summed E-state index contributed by atoms with van der Waals surface area (Å²) in [6.07, 6.45) is 7.62. The molecule has 0 radical (unpaired) electrons. The third kappa shape index (κ3) is 3.44. The number of carbonyl (C=O) groups is 1. The molecule has 2 aliphatic carbocycles. The SMILES string of the molecule is O=C(NCCNC1=NCC2(CCCC2)CS1)C1CC1. The molecule has 106 valence electrons. The van der Waals surface area contributed by atoms with Crippen molar-refractivity contribution in [1.82, 2.24) is 10.6 Å². The Kier molecular flexibility index (Phi) is 4.01. The molecule has 0 unspecified atom stereocenters. The molecule has 19 heavy (non-hydrogen) atoms. The van der Waals surface area contributed by atoms with E-state index in [-0.39, 0.29) is 5.91 Å². The lowest BCUT2D eigenvalue weighted by atomic mass is 9.89. The second-order valence-electron chi connectivity index (χ2n) is 6.11. The molecule has 3 aliphatic rings. The maximum atomic E-state index is 11.5. The molecule has 3 rings (SSSR count). The number of amides is 1. The van der Waals surface area contributed by atoms with E-state index in [1.54, 1.807) is 0 Å². The van der Waals surface area contributed by atoms with E-state index < -0.39 is 0 Å². The van der Waals surface area contributed by atoms with Crippen LogP contribution in [0.1, 0.15) is 38.5 Å². The van der Waals surface area contributed by atoms with Crippen LogP contribution in [0.15, 0.2) is 4.99 Å². The zero-order chi connectivity index (χ0) is 13.1. The lowest BCUT2D eigenvalue weighted by molar-refractivity contribution is -0.122. The van der Waals surface area contributed by atoms with Gasteiger partial charge in [-0.3, -0.25) is 9.79 Å². The molecular weight excluding hydrogens is 258 g/mol. The molecule has 4 nitrogen and oxygen atoms in total. The highest BCUT2D eigenvalue weighted by atomic mass is 32.2. The van der Waals surface area contributed by atoms with Crippen LogP contribution in [0.5, 0.6) is 0 Å². The molecule has 2 fully saturated rings. The summed E-state index contributed by atoms with van der Waals surface area (Å²) in [4.78, 5) is 16.1. The monoisotopic (exact) mass is 281 g/mol. The maximum absolute atomic E-state index is 11.5. The molecule has 5 heteroatoms. The highest BCUT2D eigenvalue weighted by Crippen LogP contribution is 2.43. The van der Waals surface area contributed by atoms with Crippen LogP contribution in [-0.4, -0.2) is 36.5 Å². The average Bonchev–Trinajstić information content (AvgIpc) is 3.19. The summed E-state index contributed by atoms with van der Waals surface area (Å²) in [7, 11) is 0. The Labute approximate surface area is 119 Å². The van der Waals surface area contributed by atoms with Gasteiger partial charge in [0.15, 0.2) is 5.17 Å². The fraction of sp³-hybridized carbons (Fsp3) is 0.857. The van der Waals surface area contributed by atoms with E-state index in [0.717, 1.165) is 31.1 Å². The van der Waals surface area contributed by atoms with Gasteiger partial charge in [0.05, 0.1) is 0 Å². The second kappa shape index (κ2) is 5.73. The number of hydrogen-bond donors (Lipinski definition) is 2. The fourth-order valence-electron chi connectivity index (χ4n) is 2.93. The summed E-state index contributed by atoms with van der Waals surface area (Å²) < 4.78 is 0. The van der Waals surface area contributed by atoms with Crippen molar-refractivity contribution in [3.63, 3.8) is 0 Å². The van der Waals surface area contributed by atoms with Crippen molar-refractivity contribution < 1.29 is 4.79 Å². The first-order valence-corrected chi connectivity index (χ1v) is 8.45. The maximum Gasteiger partial charge on any atom is 0.223 e. The molecule has 1 amide bonds. The van der Waals surface area contributed by atoms with Crippen molar-refractivity contribution in [2.75, 3.05) is 25.4 Å². The Morgan fingerprint density at radius 2 is 2.11 bits per heavy atom. The molecule has 0 saturated heterocycles. The zero-order valence-electron chi connectivity index (χ0n) is 11.4. The first-order chi connectivity index (χ1) is 9.27. The number of aliphatic imine (C=N–C) groups is 1. The minimum atomic E-state index is 0.227. The van der Waals surface area contributed by atoms with Gasteiger partial charge in [0.25, 0.3) is 0 Å². The van der Waals surface area contributed by atoms with E-state index in [1.807, 2.05) is 11.8 Å². The highest BCUT2D eigenvalue weighted by molar-refractivity contribution is 8.13. The summed E-state index contributed by atoms with van der Waals surface area (Å²) in [6.45, 7) is 2.49. The molecule has 0 bridgehead atoms. The van der Waals surface area contributed by atoms with Gasteiger partial charge < -0.3 is 10.6 Å². The lowest BCUT2D eigenvalue weighted by Crippen LogP contribution is -2.37. The van der Waals surface area contributed by atoms with Gasteiger partial charge in [0, 0.05) is 31.3 Å². The number of amidine groups is 1. The van der Waals surface area contributed by atoms with Crippen LogP contribution in [0.4, 0.5) is 0 Å². The van der Waals surface area contributed by atoms with Crippen molar-refractivity contribution in [1.29, 1.82) is 0 Å². The minimum absolute atomic E-state index is 0.227. The number of rotatable bonds is 4. The molecule has 0 atom stereocenters. The number of nitrogens with zero attached hydrogens (tertiary/aromatic N) is 1. The highest BCUT2D eigenvalue weighted by Gasteiger charge is 2.36. The van der Waals surface area contributed by atoms with E-state index in [2.05, 4.69) is 15.6 Å². The van der Waals surface area contributed by atoms with E-state index in [4.69, 9.17) is 0 Å². The molecule has 1 aliphatic heterocycles. The third-order valence-electron chi connectivity index (χ3n) is 4.39. The summed E-state index contributed by atoms with van der Waals surface area (Å²) in [5, 5.41) is 7.38. The first kappa shape index (κ1) is 13.3. The number of carbonyl (C=O) groups excluding carboxylic acids is 1. The van der Waals surface area contributed by atoms with Crippen molar-refractivity contribution in [3.8, 4) is 0 Å². The first-order valence-electron chi connectivity index (χ1n) is 7.46. The van der Waals surface area contributed by atoms with Crippen molar-refractivity contribution >= 4 is 22.8 Å². The van der Waals surface area contributed by atoms with E-state index >= 15 is 0 Å². The van der Waals surface area contributed by atoms with Crippen LogP contribution in [0.25, 0.3) is 0 Å². The molecule has 2 saturated carbocycles. The van der Waals surface area contributed by atoms with E-state index in [0.29, 0.717) is 17.9 Å². The Bertz CT molecular complexity index is 373. The minimum Gasteiger partial charge on any atom is -0.363 e. The smallest absolute Gasteiger partial charge is 0.223 e. The molecule has 2 N–H and O–H groups in total. The topological polar surface area (TPSA) is 53.5 Å². The molecule has 1 spiro atoms. The molecule has 0 aromatic carbocycles. The quantitative estimate of drug-likeness (QED) is 0.772. The van der Waals surface area contributed by atoms with E-state index in [1.165, 1.54) is 31.4 Å². The van der Waals surface area contributed by atoms with Crippen LogP contribution in [-0.2, 0) is 4.79 Å². The fourth-order valence-corrected chi connectivity index (χ4v) is 4.11. The van der Waals surface area contributed by atoms with Crippen molar-refractivity contribution in [2.24, 2.45) is 16.3 Å². The Morgan fingerprint density at radius 3 is 2.74 bits per heavy atom. The van der Waals surface area contributed by atoms with Gasteiger partial charge in [-0.05, 0) is 31.1 Å². The van der Waals surface area contributed by atoms with Crippen molar-refractivity contribution in [2.45, 2.75) is 38.5 Å². The van der Waals surface area contributed by atoms with Crippen LogP contribution in [0.2, 0.25) is 0 Å². The third-order valence-corrected chi connectivity index (χ3v) is 5.69. The number of thioether (sulfide) groups is 1. The molecular formula is C14H23N3OS. The summed E-state index contributed by atoms with van der Waals surface area (Å²) in [6, 6.07) is 0. The van der Waals surface area contributed by atoms with Gasteiger partial charge in [0.2, 0.25) is 5.91 Å². The normalized spacial score (nSPS) is 25.2.